The topological polar surface area (TPSA) is 32.9 Å². The molecule has 0 aromatic carbocycles. The molecule has 0 fully saturated rings. The van der Waals surface area contributed by atoms with Gasteiger partial charge in [0.05, 0.1) is 16.6 Å². The summed E-state index contributed by atoms with van der Waals surface area (Å²) in [4.78, 5) is 13.1. The number of hydrogen-bond acceptors (Lipinski definition) is 1. The minimum absolute atomic E-state index is 0.103. The molecule has 0 unspecified atom stereocenters. The number of nitrogens with one attached hydrogen (secondary N) is 1. The number of hydrogen-bond donors (Lipinski definition) is 1. The maximum Gasteiger partial charge on any atom is 0.265 e. The van der Waals surface area contributed by atoms with Crippen molar-refractivity contribution >= 4 is 23.2 Å². The van der Waals surface area contributed by atoms with Crippen molar-refractivity contribution in [3.8, 4) is 0 Å². The maximum absolute atomic E-state index is 12.2. The summed E-state index contributed by atoms with van der Waals surface area (Å²) >= 11 is 10.9. The Hall–Kier alpha value is -0.610. The van der Waals surface area contributed by atoms with Gasteiger partial charge in [0.1, 0.15) is 0 Å². The molecule has 6 heteroatoms. The second kappa shape index (κ2) is 4.07. The highest BCUT2D eigenvalue weighted by Gasteiger charge is 2.15. The molecular formula is C7H5Cl2F2NO. The fraction of sp³-hybridized carbons (Fsp3) is 0.286. The van der Waals surface area contributed by atoms with Gasteiger partial charge in [0.2, 0.25) is 5.56 Å². The summed E-state index contributed by atoms with van der Waals surface area (Å²) in [5.74, 6) is -0.103. The smallest absolute Gasteiger partial charge is 0.265 e. The van der Waals surface area contributed by atoms with E-state index in [1.165, 1.54) is 0 Å². The summed E-state index contributed by atoms with van der Waals surface area (Å²) < 4.78 is 24.5. The highest BCUT2D eigenvalue weighted by Crippen LogP contribution is 2.27. The monoisotopic (exact) mass is 227 g/mol. The van der Waals surface area contributed by atoms with Crippen LogP contribution in [-0.4, -0.2) is 4.98 Å². The molecule has 0 aliphatic heterocycles. The van der Waals surface area contributed by atoms with E-state index >= 15 is 0 Å². The van der Waals surface area contributed by atoms with Gasteiger partial charge >= 0.3 is 0 Å². The van der Waals surface area contributed by atoms with Crippen LogP contribution in [-0.2, 0) is 5.88 Å². The molecule has 72 valence electrons. The van der Waals surface area contributed by atoms with Gasteiger partial charge in [-0.2, -0.15) is 0 Å². The van der Waals surface area contributed by atoms with E-state index in [4.69, 9.17) is 23.2 Å². The van der Waals surface area contributed by atoms with Crippen LogP contribution in [0.25, 0.3) is 0 Å². The van der Waals surface area contributed by atoms with E-state index in [1.54, 1.807) is 0 Å². The van der Waals surface area contributed by atoms with Crippen LogP contribution < -0.4 is 5.56 Å². The lowest BCUT2D eigenvalue weighted by molar-refractivity contribution is 0.151. The van der Waals surface area contributed by atoms with Gasteiger partial charge in [0.15, 0.2) is 0 Å². The predicted octanol–water partition coefficient (Wildman–Crippen LogP) is 2.70. The second-order valence-electron chi connectivity index (χ2n) is 2.32. The lowest BCUT2D eigenvalue weighted by Gasteiger charge is -2.05. The SMILES string of the molecule is O=c1cc(C(F)F)c(Cl)c(CCl)[nH]1. The molecule has 0 spiro atoms. The van der Waals surface area contributed by atoms with Gasteiger partial charge in [0, 0.05) is 11.6 Å². The van der Waals surface area contributed by atoms with E-state index in [-0.39, 0.29) is 16.6 Å². The van der Waals surface area contributed by atoms with Crippen molar-refractivity contribution in [2.75, 3.05) is 0 Å². The molecule has 0 bridgehead atoms. The van der Waals surface area contributed by atoms with Gasteiger partial charge in [-0.05, 0) is 0 Å². The Kier molecular flexibility index (Phi) is 3.27. The van der Waals surface area contributed by atoms with Crippen molar-refractivity contribution in [3.05, 3.63) is 32.7 Å². The average Bonchev–Trinajstić information content (AvgIpc) is 2.08. The molecule has 0 saturated heterocycles. The summed E-state index contributed by atoms with van der Waals surface area (Å²) in [6.07, 6.45) is -2.77. The van der Waals surface area contributed by atoms with Crippen LogP contribution in [0.15, 0.2) is 10.9 Å². The summed E-state index contributed by atoms with van der Waals surface area (Å²) in [6.45, 7) is 0. The molecule has 13 heavy (non-hydrogen) atoms. The van der Waals surface area contributed by atoms with E-state index in [2.05, 4.69) is 4.98 Å². The van der Waals surface area contributed by atoms with E-state index in [9.17, 15) is 13.6 Å². The second-order valence-corrected chi connectivity index (χ2v) is 2.96. The highest BCUT2D eigenvalue weighted by atomic mass is 35.5. The summed E-state index contributed by atoms with van der Waals surface area (Å²) in [5.41, 5.74) is -0.998. The summed E-state index contributed by atoms with van der Waals surface area (Å²) in [6, 6.07) is 0.767. The minimum atomic E-state index is -2.77. The van der Waals surface area contributed by atoms with Gasteiger partial charge in [-0.15, -0.1) is 11.6 Å². The fourth-order valence-electron chi connectivity index (χ4n) is 0.869. The average molecular weight is 228 g/mol. The molecule has 2 nitrogen and oxygen atoms in total. The van der Waals surface area contributed by atoms with Crippen molar-refractivity contribution in [2.24, 2.45) is 0 Å². The zero-order chi connectivity index (χ0) is 10.0. The van der Waals surface area contributed by atoms with Crippen LogP contribution in [0.2, 0.25) is 5.02 Å². The predicted molar refractivity (Wildman–Crippen MR) is 46.6 cm³/mol. The number of alkyl halides is 3. The standard InChI is InChI=1S/C7H5Cl2F2NO/c8-2-4-6(9)3(7(10)11)1-5(13)12-4/h1,7H,2H2,(H,12,13). The van der Waals surface area contributed by atoms with Crippen molar-refractivity contribution in [1.29, 1.82) is 0 Å². The van der Waals surface area contributed by atoms with Crippen molar-refractivity contribution in [2.45, 2.75) is 12.3 Å². The number of pyridine rings is 1. The molecule has 1 aromatic heterocycles. The summed E-state index contributed by atoms with van der Waals surface area (Å²) in [7, 11) is 0. The molecule has 0 aliphatic rings. The largest absolute Gasteiger partial charge is 0.324 e. The lowest BCUT2D eigenvalue weighted by atomic mass is 10.2. The fourth-order valence-corrected chi connectivity index (χ4v) is 1.39. The molecule has 1 N–H and O–H groups in total. The van der Waals surface area contributed by atoms with Crippen LogP contribution in [0.4, 0.5) is 8.78 Å². The summed E-state index contributed by atoms with van der Waals surface area (Å²) in [5, 5.41) is -0.176. The number of aromatic amines is 1. The van der Waals surface area contributed by atoms with E-state index in [0.717, 1.165) is 6.07 Å². The Labute approximate surface area is 82.5 Å². The first-order valence-corrected chi connectivity index (χ1v) is 4.23. The quantitative estimate of drug-likeness (QED) is 0.775. The molecule has 1 aromatic rings. The van der Waals surface area contributed by atoms with Gasteiger partial charge in [-0.1, -0.05) is 11.6 Å². The van der Waals surface area contributed by atoms with Crippen molar-refractivity contribution in [1.82, 2.24) is 4.98 Å². The molecule has 0 saturated carbocycles. The zero-order valence-electron chi connectivity index (χ0n) is 6.28. The Morgan fingerprint density at radius 2 is 2.15 bits per heavy atom. The van der Waals surface area contributed by atoms with E-state index in [1.807, 2.05) is 0 Å². The number of rotatable bonds is 2. The highest BCUT2D eigenvalue weighted by molar-refractivity contribution is 6.32. The Morgan fingerprint density at radius 3 is 2.62 bits per heavy atom. The molecular weight excluding hydrogens is 223 g/mol. The maximum atomic E-state index is 12.2. The third-order valence-electron chi connectivity index (χ3n) is 1.45. The third-order valence-corrected chi connectivity index (χ3v) is 2.16. The third kappa shape index (κ3) is 2.19. The van der Waals surface area contributed by atoms with Gasteiger partial charge < -0.3 is 4.98 Å². The molecule has 0 radical (unpaired) electrons. The molecule has 0 amide bonds. The van der Waals surface area contributed by atoms with Gasteiger partial charge in [-0.3, -0.25) is 4.79 Å². The molecule has 1 heterocycles. The first kappa shape index (κ1) is 10.5. The van der Waals surface area contributed by atoms with E-state index in [0.29, 0.717) is 0 Å². The number of H-pyrrole nitrogens is 1. The van der Waals surface area contributed by atoms with Crippen LogP contribution in [0, 0.1) is 0 Å². The number of halogens is 4. The molecule has 1 rings (SSSR count). The van der Waals surface area contributed by atoms with Crippen molar-refractivity contribution < 1.29 is 8.78 Å². The van der Waals surface area contributed by atoms with Gasteiger partial charge in [0.25, 0.3) is 6.43 Å². The Morgan fingerprint density at radius 1 is 1.54 bits per heavy atom. The van der Waals surface area contributed by atoms with Crippen LogP contribution in [0.5, 0.6) is 0 Å². The van der Waals surface area contributed by atoms with Gasteiger partial charge in [-0.25, -0.2) is 8.78 Å². The Balaban J connectivity index is 3.36. The van der Waals surface area contributed by atoms with Crippen molar-refractivity contribution in [3.63, 3.8) is 0 Å². The van der Waals surface area contributed by atoms with Crippen LogP contribution in [0.3, 0.4) is 0 Å². The van der Waals surface area contributed by atoms with Crippen LogP contribution >= 0.6 is 23.2 Å². The zero-order valence-corrected chi connectivity index (χ0v) is 7.79. The number of aromatic nitrogens is 1. The first-order chi connectivity index (χ1) is 6.06. The normalized spacial score (nSPS) is 10.8. The molecule has 0 atom stereocenters. The van der Waals surface area contributed by atoms with E-state index < -0.39 is 17.5 Å². The Bertz CT molecular complexity index is 364. The lowest BCUT2D eigenvalue weighted by Crippen LogP contribution is -2.10. The minimum Gasteiger partial charge on any atom is -0.324 e. The molecule has 0 aliphatic carbocycles. The first-order valence-electron chi connectivity index (χ1n) is 3.32. The van der Waals surface area contributed by atoms with Crippen LogP contribution in [0.1, 0.15) is 17.7 Å².